The van der Waals surface area contributed by atoms with Gasteiger partial charge in [-0.15, -0.1) is 0 Å². The molecule has 1 saturated heterocycles. The number of aryl methyl sites for hydroxylation is 2. The Balaban J connectivity index is 1.67. The number of fused-ring (bicyclic) bond motifs is 1. The summed E-state index contributed by atoms with van der Waals surface area (Å²) in [5, 5.41) is 3.62. The van der Waals surface area contributed by atoms with E-state index in [1.54, 1.807) is 11.1 Å². The van der Waals surface area contributed by atoms with E-state index < -0.39 is 0 Å². The molecule has 0 aromatic heterocycles. The molecule has 1 nitrogen and oxygen atoms in total. The number of hydrogen-bond donors (Lipinski definition) is 1. The molecule has 96 valence electrons. The molecule has 1 aliphatic carbocycles. The van der Waals surface area contributed by atoms with Crippen LogP contribution in [0, 0.1) is 0 Å². The molecule has 1 N–H and O–H groups in total. The van der Waals surface area contributed by atoms with E-state index in [2.05, 4.69) is 35.7 Å². The van der Waals surface area contributed by atoms with Crippen LogP contribution in [0.1, 0.15) is 48.8 Å². The van der Waals surface area contributed by atoms with Crippen molar-refractivity contribution >= 4 is 6.08 Å². The second-order valence-electron chi connectivity index (χ2n) is 5.65. The number of rotatable bonds is 2. The van der Waals surface area contributed by atoms with Gasteiger partial charge in [-0.3, -0.25) is 0 Å². The number of nitrogens with one attached hydrogen (secondary N) is 1. The number of hydrogen-bond acceptors (Lipinski definition) is 1. The molecule has 1 heteroatoms. The first-order chi connectivity index (χ1) is 8.92. The average molecular weight is 241 g/mol. The minimum absolute atomic E-state index is 0.584. The van der Waals surface area contributed by atoms with E-state index in [1.165, 1.54) is 57.1 Å². The lowest BCUT2D eigenvalue weighted by Crippen LogP contribution is -2.25. The van der Waals surface area contributed by atoms with Crippen LogP contribution < -0.4 is 5.32 Å². The summed E-state index contributed by atoms with van der Waals surface area (Å²) in [7, 11) is 0. The van der Waals surface area contributed by atoms with Crippen molar-refractivity contribution in [2.75, 3.05) is 6.54 Å². The minimum Gasteiger partial charge on any atom is -0.311 e. The van der Waals surface area contributed by atoms with E-state index in [9.17, 15) is 0 Å². The summed E-state index contributed by atoms with van der Waals surface area (Å²) < 4.78 is 0. The minimum atomic E-state index is 0.584. The Morgan fingerprint density at radius 3 is 2.94 bits per heavy atom. The highest BCUT2D eigenvalue weighted by atomic mass is 14.9. The van der Waals surface area contributed by atoms with E-state index >= 15 is 0 Å². The zero-order valence-corrected chi connectivity index (χ0v) is 11.1. The molecule has 1 unspecified atom stereocenters. The zero-order valence-electron chi connectivity index (χ0n) is 11.1. The lowest BCUT2D eigenvalue weighted by molar-refractivity contribution is 0.599. The molecule has 0 amide bonds. The van der Waals surface area contributed by atoms with E-state index in [4.69, 9.17) is 0 Å². The second-order valence-corrected chi connectivity index (χ2v) is 5.65. The molecule has 1 heterocycles. The normalized spacial score (nSPS) is 24.1. The predicted molar refractivity (Wildman–Crippen MR) is 77.8 cm³/mol. The molecule has 18 heavy (non-hydrogen) atoms. The van der Waals surface area contributed by atoms with Gasteiger partial charge in [-0.25, -0.2) is 0 Å². The molecule has 1 fully saturated rings. The summed E-state index contributed by atoms with van der Waals surface area (Å²) in [4.78, 5) is 0. The quantitative estimate of drug-likeness (QED) is 0.832. The smallest absolute Gasteiger partial charge is 0.0253 e. The van der Waals surface area contributed by atoms with Gasteiger partial charge in [0.05, 0.1) is 0 Å². The molecule has 1 aliphatic heterocycles. The fraction of sp³-hybridized carbons (Fsp3) is 0.529. The van der Waals surface area contributed by atoms with Crippen molar-refractivity contribution in [2.45, 2.75) is 51.0 Å². The van der Waals surface area contributed by atoms with Crippen molar-refractivity contribution in [1.82, 2.24) is 5.32 Å². The van der Waals surface area contributed by atoms with Gasteiger partial charge >= 0.3 is 0 Å². The van der Waals surface area contributed by atoms with Gasteiger partial charge in [-0.05, 0) is 55.3 Å². The van der Waals surface area contributed by atoms with Crippen LogP contribution in [0.25, 0.3) is 6.08 Å². The Bertz CT molecular complexity index is 425. The predicted octanol–water partition coefficient (Wildman–Crippen LogP) is 3.72. The van der Waals surface area contributed by atoms with E-state index in [0.717, 1.165) is 0 Å². The van der Waals surface area contributed by atoms with Crippen molar-refractivity contribution in [3.05, 3.63) is 41.0 Å². The van der Waals surface area contributed by atoms with Crippen LogP contribution in [-0.4, -0.2) is 12.6 Å². The van der Waals surface area contributed by atoms with Crippen molar-refractivity contribution < 1.29 is 0 Å². The topological polar surface area (TPSA) is 12.0 Å². The summed E-state index contributed by atoms with van der Waals surface area (Å²) >= 11 is 0. The van der Waals surface area contributed by atoms with Crippen LogP contribution >= 0.6 is 0 Å². The van der Waals surface area contributed by atoms with E-state index in [1.807, 2.05) is 0 Å². The lowest BCUT2D eigenvalue weighted by Gasteiger charge is -2.10. The fourth-order valence-corrected chi connectivity index (χ4v) is 3.14. The maximum absolute atomic E-state index is 3.62. The van der Waals surface area contributed by atoms with Crippen molar-refractivity contribution in [3.8, 4) is 0 Å². The van der Waals surface area contributed by atoms with Gasteiger partial charge in [0.15, 0.2) is 0 Å². The lowest BCUT2D eigenvalue weighted by atomic mass is 10.0. The maximum atomic E-state index is 3.62. The fourth-order valence-electron chi connectivity index (χ4n) is 3.14. The standard InChI is InChI=1S/C17H23N/c1-2-7-17(18-12-3-1)11-9-14-8-10-15-5-4-6-16(15)13-14/h8-11,13,17-18H,1-7,12H2/b11-9+. The second kappa shape index (κ2) is 5.71. The monoisotopic (exact) mass is 241 g/mol. The Morgan fingerprint density at radius 2 is 1.94 bits per heavy atom. The van der Waals surface area contributed by atoms with Crippen molar-refractivity contribution in [3.63, 3.8) is 0 Å². The molecule has 1 aromatic rings. The first-order valence-electron chi connectivity index (χ1n) is 7.45. The molecule has 1 atom stereocenters. The Labute approximate surface area is 110 Å². The molecular formula is C17H23N. The van der Waals surface area contributed by atoms with Crippen LogP contribution in [0.5, 0.6) is 0 Å². The van der Waals surface area contributed by atoms with Gasteiger partial charge in [0.1, 0.15) is 0 Å². The van der Waals surface area contributed by atoms with Crippen LogP contribution in [-0.2, 0) is 12.8 Å². The number of benzene rings is 1. The zero-order chi connectivity index (χ0) is 12.2. The van der Waals surface area contributed by atoms with Gasteiger partial charge in [-0.2, -0.15) is 0 Å². The van der Waals surface area contributed by atoms with Crippen LogP contribution in [0.4, 0.5) is 0 Å². The summed E-state index contributed by atoms with van der Waals surface area (Å²) in [5.41, 5.74) is 4.52. The third-order valence-electron chi connectivity index (χ3n) is 4.24. The SMILES string of the molecule is C(=C\C1CCCCCN1)/c1ccc2c(c1)CCC2. The third-order valence-corrected chi connectivity index (χ3v) is 4.24. The summed E-state index contributed by atoms with van der Waals surface area (Å²) in [6.45, 7) is 1.18. The highest BCUT2D eigenvalue weighted by molar-refractivity contribution is 5.53. The first kappa shape index (κ1) is 12.0. The van der Waals surface area contributed by atoms with Crippen LogP contribution in [0.3, 0.4) is 0 Å². The third kappa shape index (κ3) is 2.84. The summed E-state index contributed by atoms with van der Waals surface area (Å²) in [6.07, 6.45) is 13.9. The van der Waals surface area contributed by atoms with Crippen molar-refractivity contribution in [1.29, 1.82) is 0 Å². The highest BCUT2D eigenvalue weighted by Gasteiger charge is 2.10. The maximum Gasteiger partial charge on any atom is 0.0253 e. The van der Waals surface area contributed by atoms with Gasteiger partial charge in [0, 0.05) is 6.04 Å². The van der Waals surface area contributed by atoms with E-state index in [-0.39, 0.29) is 0 Å². The average Bonchev–Trinajstić information content (AvgIpc) is 2.70. The van der Waals surface area contributed by atoms with Gasteiger partial charge < -0.3 is 5.32 Å². The van der Waals surface area contributed by atoms with Crippen LogP contribution in [0.15, 0.2) is 24.3 Å². The highest BCUT2D eigenvalue weighted by Crippen LogP contribution is 2.23. The molecule has 2 aliphatic rings. The first-order valence-corrected chi connectivity index (χ1v) is 7.45. The Kier molecular flexibility index (Phi) is 3.80. The molecule has 3 rings (SSSR count). The van der Waals surface area contributed by atoms with Gasteiger partial charge in [-0.1, -0.05) is 43.2 Å². The van der Waals surface area contributed by atoms with Gasteiger partial charge in [0.2, 0.25) is 0 Å². The molecule has 0 bridgehead atoms. The Hall–Kier alpha value is -1.08. The molecule has 0 saturated carbocycles. The summed E-state index contributed by atoms with van der Waals surface area (Å²) in [6, 6.07) is 7.57. The van der Waals surface area contributed by atoms with Crippen molar-refractivity contribution in [2.24, 2.45) is 0 Å². The Morgan fingerprint density at radius 1 is 1.00 bits per heavy atom. The molecular weight excluding hydrogens is 218 g/mol. The van der Waals surface area contributed by atoms with Crippen LogP contribution in [0.2, 0.25) is 0 Å². The van der Waals surface area contributed by atoms with E-state index in [0.29, 0.717) is 6.04 Å². The largest absolute Gasteiger partial charge is 0.311 e. The van der Waals surface area contributed by atoms with Gasteiger partial charge in [0.25, 0.3) is 0 Å². The molecule has 0 radical (unpaired) electrons. The molecule has 0 spiro atoms. The molecule has 1 aromatic carbocycles. The summed E-state index contributed by atoms with van der Waals surface area (Å²) in [5.74, 6) is 0.